The maximum Gasteiger partial charge on any atom is 0.211 e. The first-order valence-electron chi connectivity index (χ1n) is 5.85. The molecule has 0 spiro atoms. The molecule has 1 fully saturated rings. The van der Waals surface area contributed by atoms with Gasteiger partial charge in [-0.1, -0.05) is 0 Å². The van der Waals surface area contributed by atoms with Crippen molar-refractivity contribution in [2.45, 2.75) is 24.8 Å². The van der Waals surface area contributed by atoms with E-state index in [2.05, 4.69) is 0 Å². The lowest BCUT2D eigenvalue weighted by Gasteiger charge is -2.39. The highest BCUT2D eigenvalue weighted by molar-refractivity contribution is 5.55. The van der Waals surface area contributed by atoms with Crippen LogP contribution in [0.1, 0.15) is 24.8 Å². The number of benzene rings is 1. The molecule has 1 aromatic carbocycles. The van der Waals surface area contributed by atoms with Gasteiger partial charge in [-0.2, -0.15) is 4.39 Å². The molecule has 0 aromatic heterocycles. The Morgan fingerprint density at radius 2 is 1.72 bits per heavy atom. The van der Waals surface area contributed by atoms with Crippen molar-refractivity contribution >= 4 is 0 Å². The summed E-state index contributed by atoms with van der Waals surface area (Å²) in [4.78, 5) is 0. The van der Waals surface area contributed by atoms with E-state index >= 15 is 0 Å². The summed E-state index contributed by atoms with van der Waals surface area (Å²) in [6.45, 7) is 0. The normalized spacial score (nSPS) is 16.9. The average molecular weight is 255 g/mol. The Morgan fingerprint density at radius 3 is 2.11 bits per heavy atom. The Balaban J connectivity index is 2.62. The van der Waals surface area contributed by atoms with E-state index in [1.54, 1.807) is 6.07 Å². The lowest BCUT2D eigenvalue weighted by atomic mass is 9.72. The summed E-state index contributed by atoms with van der Waals surface area (Å²) in [5, 5.41) is 0. The summed E-state index contributed by atoms with van der Waals surface area (Å²) >= 11 is 0. The minimum absolute atomic E-state index is 0.0426. The van der Waals surface area contributed by atoms with Gasteiger partial charge in [0, 0.05) is 11.1 Å². The molecule has 1 saturated carbocycles. The fourth-order valence-electron chi connectivity index (χ4n) is 2.33. The van der Waals surface area contributed by atoms with E-state index < -0.39 is 11.4 Å². The van der Waals surface area contributed by atoms with Crippen LogP contribution in [-0.4, -0.2) is 21.3 Å². The highest BCUT2D eigenvalue weighted by atomic mass is 19.1. The van der Waals surface area contributed by atoms with Crippen LogP contribution in [0.15, 0.2) is 6.07 Å². The smallest absolute Gasteiger partial charge is 0.211 e. The van der Waals surface area contributed by atoms with Crippen LogP contribution in [0.2, 0.25) is 0 Å². The van der Waals surface area contributed by atoms with Gasteiger partial charge >= 0.3 is 0 Å². The largest absolute Gasteiger partial charge is 0.493 e. The Hall–Kier alpha value is -1.49. The molecule has 1 aromatic rings. The van der Waals surface area contributed by atoms with E-state index in [1.807, 2.05) is 0 Å². The van der Waals surface area contributed by atoms with Crippen LogP contribution in [0.3, 0.4) is 0 Å². The minimum atomic E-state index is -0.564. The van der Waals surface area contributed by atoms with Crippen LogP contribution in [0.4, 0.5) is 4.39 Å². The fraction of sp³-hybridized carbons (Fsp3) is 0.538. The summed E-state index contributed by atoms with van der Waals surface area (Å²) in [6, 6.07) is 1.71. The average Bonchev–Trinajstić information content (AvgIpc) is 2.34. The van der Waals surface area contributed by atoms with Crippen molar-refractivity contribution in [1.82, 2.24) is 0 Å². The van der Waals surface area contributed by atoms with Crippen molar-refractivity contribution in [2.75, 3.05) is 21.3 Å². The molecular formula is C13H18FNO3. The maximum atomic E-state index is 14.3. The molecule has 0 amide bonds. The molecule has 18 heavy (non-hydrogen) atoms. The predicted molar refractivity (Wildman–Crippen MR) is 65.8 cm³/mol. The summed E-state index contributed by atoms with van der Waals surface area (Å²) in [5.74, 6) is -0.0375. The molecule has 2 rings (SSSR count). The first-order chi connectivity index (χ1) is 8.57. The Bertz CT molecular complexity index is 458. The lowest BCUT2D eigenvalue weighted by Crippen LogP contribution is -2.43. The molecule has 4 nitrogen and oxygen atoms in total. The van der Waals surface area contributed by atoms with Crippen molar-refractivity contribution in [3.05, 3.63) is 17.4 Å². The van der Waals surface area contributed by atoms with Gasteiger partial charge in [0.05, 0.1) is 21.3 Å². The number of rotatable bonds is 4. The second kappa shape index (κ2) is 4.65. The van der Waals surface area contributed by atoms with Gasteiger partial charge in [0.25, 0.3) is 0 Å². The summed E-state index contributed by atoms with van der Waals surface area (Å²) in [7, 11) is 4.29. The molecule has 0 radical (unpaired) electrons. The molecule has 0 heterocycles. The third-order valence-corrected chi connectivity index (χ3v) is 3.55. The Morgan fingerprint density at radius 1 is 1.11 bits per heavy atom. The van der Waals surface area contributed by atoms with Gasteiger partial charge in [0.15, 0.2) is 11.5 Å². The van der Waals surface area contributed by atoms with Crippen LogP contribution in [-0.2, 0) is 5.54 Å². The van der Waals surface area contributed by atoms with Crippen molar-refractivity contribution < 1.29 is 18.6 Å². The van der Waals surface area contributed by atoms with E-state index in [-0.39, 0.29) is 11.5 Å². The highest BCUT2D eigenvalue weighted by Crippen LogP contribution is 2.48. The first kappa shape index (κ1) is 13.0. The zero-order valence-corrected chi connectivity index (χ0v) is 10.9. The number of ether oxygens (including phenoxy) is 3. The first-order valence-corrected chi connectivity index (χ1v) is 5.85. The van der Waals surface area contributed by atoms with Gasteiger partial charge < -0.3 is 19.9 Å². The maximum absolute atomic E-state index is 14.3. The molecule has 0 atom stereocenters. The number of methoxy groups -OCH3 is 3. The van der Waals surface area contributed by atoms with Gasteiger partial charge in [0.2, 0.25) is 11.6 Å². The molecule has 0 unspecified atom stereocenters. The van der Waals surface area contributed by atoms with Gasteiger partial charge in [0.1, 0.15) is 0 Å². The monoisotopic (exact) mass is 255 g/mol. The molecular weight excluding hydrogens is 237 g/mol. The molecule has 1 aliphatic rings. The standard InChI is InChI=1S/C13H18FNO3/c1-16-9-7-8(13(15)5-4-6-13)11(17-2)10(14)12(9)18-3/h7H,4-6,15H2,1-3H3. The second-order valence-corrected chi connectivity index (χ2v) is 4.52. The second-order valence-electron chi connectivity index (χ2n) is 4.52. The zero-order valence-electron chi connectivity index (χ0n) is 10.9. The number of hydrogen-bond acceptors (Lipinski definition) is 4. The number of halogens is 1. The van der Waals surface area contributed by atoms with E-state index in [0.717, 1.165) is 19.3 Å². The Labute approximate surface area is 106 Å². The topological polar surface area (TPSA) is 53.7 Å². The van der Waals surface area contributed by atoms with Gasteiger partial charge in [-0.05, 0) is 25.3 Å². The molecule has 2 N–H and O–H groups in total. The zero-order chi connectivity index (χ0) is 13.3. The van der Waals surface area contributed by atoms with Gasteiger partial charge in [-0.25, -0.2) is 0 Å². The summed E-state index contributed by atoms with van der Waals surface area (Å²) in [6.07, 6.45) is 2.67. The molecule has 1 aliphatic carbocycles. The lowest BCUT2D eigenvalue weighted by molar-refractivity contribution is 0.236. The molecule has 0 aliphatic heterocycles. The van der Waals surface area contributed by atoms with E-state index in [9.17, 15) is 4.39 Å². The van der Waals surface area contributed by atoms with Crippen LogP contribution < -0.4 is 19.9 Å². The van der Waals surface area contributed by atoms with Crippen LogP contribution in [0, 0.1) is 5.82 Å². The molecule has 100 valence electrons. The van der Waals surface area contributed by atoms with Crippen LogP contribution in [0.25, 0.3) is 0 Å². The van der Waals surface area contributed by atoms with Crippen molar-refractivity contribution in [2.24, 2.45) is 5.73 Å². The van der Waals surface area contributed by atoms with E-state index in [1.165, 1.54) is 21.3 Å². The quantitative estimate of drug-likeness (QED) is 0.896. The van der Waals surface area contributed by atoms with E-state index in [0.29, 0.717) is 11.3 Å². The molecule has 0 saturated heterocycles. The Kier molecular flexibility index (Phi) is 3.34. The minimum Gasteiger partial charge on any atom is -0.493 e. The fourth-order valence-corrected chi connectivity index (χ4v) is 2.33. The SMILES string of the molecule is COc1cc(C2(N)CCC2)c(OC)c(F)c1OC. The van der Waals surface area contributed by atoms with Crippen molar-refractivity contribution in [1.29, 1.82) is 0 Å². The number of nitrogens with two attached hydrogens (primary N) is 1. The van der Waals surface area contributed by atoms with Crippen molar-refractivity contribution in [3.63, 3.8) is 0 Å². The van der Waals surface area contributed by atoms with Gasteiger partial charge in [-0.3, -0.25) is 0 Å². The number of hydrogen-bond donors (Lipinski definition) is 1. The third kappa shape index (κ3) is 1.79. The van der Waals surface area contributed by atoms with Crippen LogP contribution >= 0.6 is 0 Å². The molecule has 0 bridgehead atoms. The molecule has 5 heteroatoms. The van der Waals surface area contributed by atoms with Crippen molar-refractivity contribution in [3.8, 4) is 17.2 Å². The predicted octanol–water partition coefficient (Wildman–Crippen LogP) is 2.19. The summed E-state index contributed by atoms with van der Waals surface area (Å²) < 4.78 is 29.6. The third-order valence-electron chi connectivity index (χ3n) is 3.55. The van der Waals surface area contributed by atoms with Gasteiger partial charge in [-0.15, -0.1) is 0 Å². The highest BCUT2D eigenvalue weighted by Gasteiger charge is 2.39. The van der Waals surface area contributed by atoms with E-state index in [4.69, 9.17) is 19.9 Å². The van der Waals surface area contributed by atoms with Crippen LogP contribution in [0.5, 0.6) is 17.2 Å². The summed E-state index contributed by atoms with van der Waals surface area (Å²) in [5.41, 5.74) is 6.36.